The van der Waals surface area contributed by atoms with E-state index in [2.05, 4.69) is 11.5 Å². The quantitative estimate of drug-likeness (QED) is 0.643. The predicted octanol–water partition coefficient (Wildman–Crippen LogP) is 1.11. The van der Waals surface area contributed by atoms with Crippen molar-refractivity contribution >= 4 is 5.97 Å². The van der Waals surface area contributed by atoms with Gasteiger partial charge in [0.05, 0.1) is 0 Å². The smallest absolute Gasteiger partial charge is 0.332 e. The van der Waals surface area contributed by atoms with Gasteiger partial charge in [-0.05, 0) is 25.9 Å². The molecule has 1 aliphatic heterocycles. The van der Waals surface area contributed by atoms with Gasteiger partial charge in [-0.3, -0.25) is 4.90 Å². The zero-order valence-electron chi connectivity index (χ0n) is 7.25. The Kier molecular flexibility index (Phi) is 3.29. The van der Waals surface area contributed by atoms with Crippen LogP contribution in [0, 0.1) is 0 Å². The number of piperidine rings is 1. The molecular formula is C9H15NO2. The SMILES string of the molecule is C=C(CN1CCCCC1)C(=O)O. The molecule has 0 radical (unpaired) electrons. The van der Waals surface area contributed by atoms with Crippen LogP contribution in [0.2, 0.25) is 0 Å². The molecule has 1 aliphatic rings. The summed E-state index contributed by atoms with van der Waals surface area (Å²) >= 11 is 0. The van der Waals surface area contributed by atoms with Crippen LogP contribution < -0.4 is 0 Å². The maximum atomic E-state index is 10.4. The number of likely N-dealkylation sites (tertiary alicyclic amines) is 1. The Morgan fingerprint density at radius 2 is 1.92 bits per heavy atom. The molecule has 1 saturated heterocycles. The van der Waals surface area contributed by atoms with E-state index < -0.39 is 5.97 Å². The van der Waals surface area contributed by atoms with Crippen molar-refractivity contribution in [3.8, 4) is 0 Å². The van der Waals surface area contributed by atoms with Crippen molar-refractivity contribution < 1.29 is 9.90 Å². The average Bonchev–Trinajstić information content (AvgIpc) is 2.06. The number of carboxylic acids is 1. The highest BCUT2D eigenvalue weighted by Crippen LogP contribution is 2.09. The van der Waals surface area contributed by atoms with Crippen LogP contribution in [0.25, 0.3) is 0 Å². The van der Waals surface area contributed by atoms with E-state index in [1.165, 1.54) is 19.3 Å². The van der Waals surface area contributed by atoms with Crippen molar-refractivity contribution in [3.63, 3.8) is 0 Å². The summed E-state index contributed by atoms with van der Waals surface area (Å²) < 4.78 is 0. The number of carbonyl (C=O) groups is 1. The van der Waals surface area contributed by atoms with Crippen molar-refractivity contribution in [3.05, 3.63) is 12.2 Å². The Labute approximate surface area is 72.7 Å². The minimum Gasteiger partial charge on any atom is -0.478 e. The van der Waals surface area contributed by atoms with Gasteiger partial charge in [0, 0.05) is 12.1 Å². The molecule has 3 nitrogen and oxygen atoms in total. The third-order valence-electron chi connectivity index (χ3n) is 2.17. The normalized spacial score (nSPS) is 19.0. The van der Waals surface area contributed by atoms with E-state index in [1.807, 2.05) is 0 Å². The summed E-state index contributed by atoms with van der Waals surface area (Å²) in [6, 6.07) is 0. The second-order valence-electron chi connectivity index (χ2n) is 3.25. The summed E-state index contributed by atoms with van der Waals surface area (Å²) in [5, 5.41) is 8.59. The lowest BCUT2D eigenvalue weighted by molar-refractivity contribution is -0.132. The van der Waals surface area contributed by atoms with Gasteiger partial charge >= 0.3 is 5.97 Å². The van der Waals surface area contributed by atoms with Crippen molar-refractivity contribution in [1.82, 2.24) is 4.90 Å². The molecule has 0 atom stereocenters. The molecule has 1 N–H and O–H groups in total. The van der Waals surface area contributed by atoms with E-state index in [4.69, 9.17) is 5.11 Å². The van der Waals surface area contributed by atoms with Crippen LogP contribution in [0.15, 0.2) is 12.2 Å². The lowest BCUT2D eigenvalue weighted by atomic mass is 10.1. The van der Waals surface area contributed by atoms with Crippen LogP contribution in [0.3, 0.4) is 0 Å². The molecule has 1 fully saturated rings. The zero-order chi connectivity index (χ0) is 8.97. The summed E-state index contributed by atoms with van der Waals surface area (Å²) in [5.74, 6) is -0.874. The molecule has 1 heterocycles. The molecule has 0 spiro atoms. The van der Waals surface area contributed by atoms with Crippen LogP contribution in [0.5, 0.6) is 0 Å². The molecule has 0 bridgehead atoms. The van der Waals surface area contributed by atoms with Crippen LogP contribution in [-0.2, 0) is 4.79 Å². The van der Waals surface area contributed by atoms with E-state index >= 15 is 0 Å². The van der Waals surface area contributed by atoms with E-state index in [9.17, 15) is 4.79 Å². The topological polar surface area (TPSA) is 40.5 Å². The van der Waals surface area contributed by atoms with Gasteiger partial charge in [-0.25, -0.2) is 4.79 Å². The number of rotatable bonds is 3. The number of hydrogen-bond donors (Lipinski definition) is 1. The number of nitrogens with zero attached hydrogens (tertiary/aromatic N) is 1. The number of hydrogen-bond acceptors (Lipinski definition) is 2. The Hall–Kier alpha value is -0.830. The summed E-state index contributed by atoms with van der Waals surface area (Å²) in [7, 11) is 0. The largest absolute Gasteiger partial charge is 0.478 e. The van der Waals surface area contributed by atoms with Gasteiger partial charge in [-0.15, -0.1) is 0 Å². The number of carboxylic acid groups (broad SMARTS) is 1. The third kappa shape index (κ3) is 2.66. The molecule has 12 heavy (non-hydrogen) atoms. The zero-order valence-corrected chi connectivity index (χ0v) is 7.25. The summed E-state index contributed by atoms with van der Waals surface area (Å²) in [4.78, 5) is 12.6. The standard InChI is InChI=1S/C9H15NO2/c1-8(9(11)12)7-10-5-3-2-4-6-10/h1-7H2,(H,11,12). The molecule has 0 unspecified atom stereocenters. The van der Waals surface area contributed by atoms with E-state index in [0.29, 0.717) is 12.1 Å². The summed E-state index contributed by atoms with van der Waals surface area (Å²) in [5.41, 5.74) is 0.303. The molecule has 3 heteroatoms. The monoisotopic (exact) mass is 169 g/mol. The van der Waals surface area contributed by atoms with Gasteiger partial charge in [-0.1, -0.05) is 13.0 Å². The average molecular weight is 169 g/mol. The van der Waals surface area contributed by atoms with Crippen molar-refractivity contribution in [1.29, 1.82) is 0 Å². The van der Waals surface area contributed by atoms with E-state index in [1.54, 1.807) is 0 Å². The van der Waals surface area contributed by atoms with Gasteiger partial charge in [0.2, 0.25) is 0 Å². The van der Waals surface area contributed by atoms with Crippen LogP contribution >= 0.6 is 0 Å². The van der Waals surface area contributed by atoms with E-state index in [0.717, 1.165) is 13.1 Å². The Balaban J connectivity index is 2.29. The van der Waals surface area contributed by atoms with E-state index in [-0.39, 0.29) is 0 Å². The molecular weight excluding hydrogens is 154 g/mol. The summed E-state index contributed by atoms with van der Waals surface area (Å²) in [6.45, 7) is 6.07. The molecule has 0 aromatic rings. The minimum absolute atomic E-state index is 0.303. The van der Waals surface area contributed by atoms with Gasteiger partial charge in [0.25, 0.3) is 0 Å². The van der Waals surface area contributed by atoms with Gasteiger partial charge in [-0.2, -0.15) is 0 Å². The molecule has 0 saturated carbocycles. The fourth-order valence-corrected chi connectivity index (χ4v) is 1.46. The van der Waals surface area contributed by atoms with Gasteiger partial charge in [0.1, 0.15) is 0 Å². The molecule has 0 aliphatic carbocycles. The highest BCUT2D eigenvalue weighted by molar-refractivity contribution is 5.86. The lowest BCUT2D eigenvalue weighted by Gasteiger charge is -2.26. The Morgan fingerprint density at radius 3 is 2.42 bits per heavy atom. The molecule has 68 valence electrons. The number of aliphatic carboxylic acids is 1. The van der Waals surface area contributed by atoms with Crippen LogP contribution in [-0.4, -0.2) is 35.6 Å². The first-order valence-corrected chi connectivity index (χ1v) is 4.33. The Morgan fingerprint density at radius 1 is 1.33 bits per heavy atom. The fourth-order valence-electron chi connectivity index (χ4n) is 1.46. The third-order valence-corrected chi connectivity index (χ3v) is 2.17. The van der Waals surface area contributed by atoms with Gasteiger partial charge < -0.3 is 5.11 Å². The Bertz CT molecular complexity index is 183. The maximum absolute atomic E-state index is 10.4. The minimum atomic E-state index is -0.874. The molecule has 0 amide bonds. The first-order chi connectivity index (χ1) is 5.70. The predicted molar refractivity (Wildman–Crippen MR) is 47.1 cm³/mol. The molecule has 0 aromatic carbocycles. The first-order valence-electron chi connectivity index (χ1n) is 4.33. The van der Waals surface area contributed by atoms with Crippen molar-refractivity contribution in [2.24, 2.45) is 0 Å². The highest BCUT2D eigenvalue weighted by atomic mass is 16.4. The first kappa shape index (κ1) is 9.26. The maximum Gasteiger partial charge on any atom is 0.332 e. The van der Waals surface area contributed by atoms with Crippen LogP contribution in [0.1, 0.15) is 19.3 Å². The highest BCUT2D eigenvalue weighted by Gasteiger charge is 2.13. The van der Waals surface area contributed by atoms with Gasteiger partial charge in [0.15, 0.2) is 0 Å². The molecule has 1 rings (SSSR count). The van der Waals surface area contributed by atoms with Crippen molar-refractivity contribution in [2.75, 3.05) is 19.6 Å². The van der Waals surface area contributed by atoms with Crippen LogP contribution in [0.4, 0.5) is 0 Å². The molecule has 0 aromatic heterocycles. The second-order valence-corrected chi connectivity index (χ2v) is 3.25. The van der Waals surface area contributed by atoms with Crippen molar-refractivity contribution in [2.45, 2.75) is 19.3 Å². The summed E-state index contributed by atoms with van der Waals surface area (Å²) in [6.07, 6.45) is 3.65. The fraction of sp³-hybridized carbons (Fsp3) is 0.667. The second kappa shape index (κ2) is 4.26. The lowest BCUT2D eigenvalue weighted by Crippen LogP contribution is -2.32.